The number of aromatic nitrogens is 2. The van der Waals surface area contributed by atoms with E-state index in [1.807, 2.05) is 26.8 Å². The van der Waals surface area contributed by atoms with Crippen molar-refractivity contribution in [2.24, 2.45) is 0 Å². The van der Waals surface area contributed by atoms with Crippen molar-refractivity contribution in [3.8, 4) is 6.07 Å². The first kappa shape index (κ1) is 15.0. The lowest BCUT2D eigenvalue weighted by atomic mass is 10.1. The quantitative estimate of drug-likeness (QED) is 0.870. The van der Waals surface area contributed by atoms with Crippen LogP contribution in [-0.4, -0.2) is 15.5 Å². The van der Waals surface area contributed by atoms with Crippen LogP contribution in [0.5, 0.6) is 0 Å². The number of anilines is 1. The fourth-order valence-corrected chi connectivity index (χ4v) is 1.80. The Balaban J connectivity index is 2.67. The zero-order valence-electron chi connectivity index (χ0n) is 11.7. The summed E-state index contributed by atoms with van der Waals surface area (Å²) in [5, 5.41) is 12.2. The summed E-state index contributed by atoms with van der Waals surface area (Å²) in [5.74, 6) is 0.297. The highest BCUT2D eigenvalue weighted by molar-refractivity contribution is 5.89. The third-order valence-electron chi connectivity index (χ3n) is 2.60. The Morgan fingerprint density at radius 1 is 1.19 bits per heavy atom. The van der Waals surface area contributed by atoms with Crippen LogP contribution in [0.25, 0.3) is 10.9 Å². The molecule has 0 amide bonds. The molecule has 2 heterocycles. The van der Waals surface area contributed by atoms with Crippen LogP contribution in [0.4, 0.5) is 19.0 Å². The minimum atomic E-state index is -4.48. The van der Waals surface area contributed by atoms with E-state index in [-0.39, 0.29) is 16.6 Å². The molecule has 0 atom stereocenters. The van der Waals surface area contributed by atoms with Gasteiger partial charge in [-0.2, -0.15) is 18.4 Å². The van der Waals surface area contributed by atoms with Crippen LogP contribution >= 0.6 is 0 Å². The first-order valence-electron chi connectivity index (χ1n) is 6.16. The molecule has 0 radical (unpaired) electrons. The number of halogens is 3. The topological polar surface area (TPSA) is 61.6 Å². The molecule has 0 aliphatic carbocycles. The number of rotatable bonds is 1. The van der Waals surface area contributed by atoms with Crippen LogP contribution < -0.4 is 5.32 Å². The van der Waals surface area contributed by atoms with Gasteiger partial charge < -0.3 is 5.32 Å². The Bertz CT molecular complexity index is 724. The lowest BCUT2D eigenvalue weighted by Gasteiger charge is -2.22. The van der Waals surface area contributed by atoms with E-state index in [0.29, 0.717) is 11.3 Å². The summed E-state index contributed by atoms with van der Waals surface area (Å²) in [6.07, 6.45) is -3.71. The number of alkyl halides is 3. The van der Waals surface area contributed by atoms with Gasteiger partial charge in [0.25, 0.3) is 0 Å². The van der Waals surface area contributed by atoms with E-state index in [0.717, 1.165) is 12.3 Å². The van der Waals surface area contributed by atoms with Gasteiger partial charge in [0.15, 0.2) is 5.82 Å². The van der Waals surface area contributed by atoms with Gasteiger partial charge in [0.05, 0.1) is 5.56 Å². The first-order chi connectivity index (χ1) is 9.60. The van der Waals surface area contributed by atoms with Crippen molar-refractivity contribution in [1.82, 2.24) is 9.97 Å². The van der Waals surface area contributed by atoms with Gasteiger partial charge in [0, 0.05) is 17.1 Å². The zero-order valence-corrected chi connectivity index (χ0v) is 11.7. The molecule has 0 bridgehead atoms. The Kier molecular flexibility index (Phi) is 3.49. The van der Waals surface area contributed by atoms with Gasteiger partial charge in [-0.1, -0.05) is 0 Å². The van der Waals surface area contributed by atoms with Crippen LogP contribution in [0.15, 0.2) is 18.3 Å². The van der Waals surface area contributed by atoms with Crippen molar-refractivity contribution in [2.75, 3.05) is 5.32 Å². The summed E-state index contributed by atoms with van der Waals surface area (Å²) >= 11 is 0. The largest absolute Gasteiger partial charge is 0.417 e. The maximum absolute atomic E-state index is 12.7. The monoisotopic (exact) mass is 294 g/mol. The molecule has 7 heteroatoms. The maximum Gasteiger partial charge on any atom is 0.417 e. The van der Waals surface area contributed by atoms with Gasteiger partial charge in [0.1, 0.15) is 17.3 Å². The molecule has 2 rings (SSSR count). The molecular formula is C14H13F3N4. The van der Waals surface area contributed by atoms with Crippen LogP contribution in [0.1, 0.15) is 32.0 Å². The van der Waals surface area contributed by atoms with E-state index in [1.54, 1.807) is 0 Å². The highest BCUT2D eigenvalue weighted by Gasteiger charge is 2.31. The van der Waals surface area contributed by atoms with E-state index >= 15 is 0 Å². The van der Waals surface area contributed by atoms with E-state index in [1.165, 1.54) is 6.07 Å². The van der Waals surface area contributed by atoms with Crippen LogP contribution in [-0.2, 0) is 6.18 Å². The summed E-state index contributed by atoms with van der Waals surface area (Å²) in [7, 11) is 0. The Labute approximate surface area is 119 Å². The van der Waals surface area contributed by atoms with E-state index < -0.39 is 11.7 Å². The van der Waals surface area contributed by atoms with Gasteiger partial charge in [-0.25, -0.2) is 4.98 Å². The smallest absolute Gasteiger partial charge is 0.364 e. The number of pyridine rings is 2. The average Bonchev–Trinajstić information content (AvgIpc) is 2.34. The summed E-state index contributed by atoms with van der Waals surface area (Å²) < 4.78 is 38.2. The van der Waals surface area contributed by atoms with Crippen molar-refractivity contribution in [3.63, 3.8) is 0 Å². The minimum absolute atomic E-state index is 0.0374. The average molecular weight is 294 g/mol. The van der Waals surface area contributed by atoms with Crippen LogP contribution in [0.3, 0.4) is 0 Å². The third kappa shape index (κ3) is 3.40. The van der Waals surface area contributed by atoms with Crippen molar-refractivity contribution in [3.05, 3.63) is 29.6 Å². The predicted octanol–water partition coefficient (Wildman–Crippen LogP) is 3.73. The number of nitrogens with one attached hydrogen (secondary N) is 1. The van der Waals surface area contributed by atoms with E-state index in [2.05, 4.69) is 15.3 Å². The second-order valence-corrected chi connectivity index (χ2v) is 5.64. The minimum Gasteiger partial charge on any atom is -0.364 e. The predicted molar refractivity (Wildman–Crippen MR) is 72.6 cm³/mol. The van der Waals surface area contributed by atoms with E-state index in [9.17, 15) is 13.2 Å². The van der Waals surface area contributed by atoms with Crippen LogP contribution in [0, 0.1) is 11.3 Å². The number of hydrogen-bond donors (Lipinski definition) is 1. The van der Waals surface area contributed by atoms with Gasteiger partial charge in [-0.3, -0.25) is 4.98 Å². The normalized spacial score (nSPS) is 12.2. The Morgan fingerprint density at radius 3 is 2.38 bits per heavy atom. The SMILES string of the molecule is CC(C)(C)Nc1nc(C#N)cc2cc(C(F)(F)F)cnc12. The van der Waals surface area contributed by atoms with Crippen LogP contribution in [0.2, 0.25) is 0 Å². The summed E-state index contributed by atoms with van der Waals surface area (Å²) in [4.78, 5) is 7.93. The highest BCUT2D eigenvalue weighted by atomic mass is 19.4. The van der Waals surface area contributed by atoms with Crippen molar-refractivity contribution in [1.29, 1.82) is 5.26 Å². The molecular weight excluding hydrogens is 281 g/mol. The first-order valence-corrected chi connectivity index (χ1v) is 6.16. The molecule has 0 aliphatic rings. The number of fused-ring (bicyclic) bond motifs is 1. The molecule has 1 N–H and O–H groups in total. The van der Waals surface area contributed by atoms with Crippen molar-refractivity contribution >= 4 is 16.7 Å². The maximum atomic E-state index is 12.7. The Hall–Kier alpha value is -2.36. The van der Waals surface area contributed by atoms with Gasteiger partial charge in [-0.15, -0.1) is 0 Å². The summed E-state index contributed by atoms with van der Waals surface area (Å²) in [6, 6.07) is 4.11. The van der Waals surface area contributed by atoms with Crippen molar-refractivity contribution in [2.45, 2.75) is 32.5 Å². The highest BCUT2D eigenvalue weighted by Crippen LogP contribution is 2.32. The van der Waals surface area contributed by atoms with Gasteiger partial charge in [0.2, 0.25) is 0 Å². The molecule has 2 aromatic heterocycles. The molecule has 21 heavy (non-hydrogen) atoms. The summed E-state index contributed by atoms with van der Waals surface area (Å²) in [5.41, 5.74) is -0.877. The molecule has 4 nitrogen and oxygen atoms in total. The fraction of sp³-hybridized carbons (Fsp3) is 0.357. The Morgan fingerprint density at radius 2 is 1.86 bits per heavy atom. The molecule has 0 saturated heterocycles. The summed E-state index contributed by atoms with van der Waals surface area (Å²) in [6.45, 7) is 5.64. The molecule has 0 aliphatic heterocycles. The standard InChI is InChI=1S/C14H13F3N4/c1-13(2,3)21-12-11-8(5-10(6-18)20-12)4-9(7-19-11)14(15,16)17/h4-5,7H,1-3H3,(H,20,21). The molecule has 0 aromatic carbocycles. The lowest BCUT2D eigenvalue weighted by molar-refractivity contribution is -0.137. The third-order valence-corrected chi connectivity index (χ3v) is 2.60. The molecule has 2 aromatic rings. The molecule has 110 valence electrons. The van der Waals surface area contributed by atoms with Gasteiger partial charge in [-0.05, 0) is 32.9 Å². The number of nitrogens with zero attached hydrogens (tertiary/aromatic N) is 3. The molecule has 0 saturated carbocycles. The molecule has 0 unspecified atom stereocenters. The second-order valence-electron chi connectivity index (χ2n) is 5.64. The second kappa shape index (κ2) is 4.88. The number of nitriles is 1. The number of hydrogen-bond acceptors (Lipinski definition) is 4. The lowest BCUT2D eigenvalue weighted by Crippen LogP contribution is -2.27. The van der Waals surface area contributed by atoms with E-state index in [4.69, 9.17) is 5.26 Å². The fourth-order valence-electron chi connectivity index (χ4n) is 1.80. The van der Waals surface area contributed by atoms with Gasteiger partial charge >= 0.3 is 6.18 Å². The molecule has 0 fully saturated rings. The van der Waals surface area contributed by atoms with Crippen molar-refractivity contribution < 1.29 is 13.2 Å². The molecule has 0 spiro atoms. The zero-order chi connectivity index (χ0) is 15.8.